The van der Waals surface area contributed by atoms with E-state index >= 15 is 0 Å². The number of thioether (sulfide) groups is 1. The van der Waals surface area contributed by atoms with Gasteiger partial charge in [-0.1, -0.05) is 56.0 Å². The minimum atomic E-state index is -0.270. The lowest BCUT2D eigenvalue weighted by atomic mass is 10.1. The topological polar surface area (TPSA) is 101 Å². The number of aromatic nitrogens is 3. The number of aryl methyl sites for hydroxylation is 1. The van der Waals surface area contributed by atoms with E-state index in [1.807, 2.05) is 12.3 Å². The number of rotatable bonds is 16. The first-order valence-corrected chi connectivity index (χ1v) is 13.8. The van der Waals surface area contributed by atoms with Crippen LogP contribution < -0.4 is 32.2 Å². The number of anilines is 1. The number of amides is 2. The number of benzene rings is 1. The van der Waals surface area contributed by atoms with E-state index < -0.39 is 0 Å². The molecule has 0 aliphatic heterocycles. The van der Waals surface area contributed by atoms with Crippen molar-refractivity contribution in [1.82, 2.24) is 15.5 Å². The van der Waals surface area contributed by atoms with Crippen molar-refractivity contribution in [3.05, 3.63) is 66.3 Å². The molecule has 0 fully saturated rings. The summed E-state index contributed by atoms with van der Waals surface area (Å²) in [6.45, 7) is 1.23. The van der Waals surface area contributed by atoms with Gasteiger partial charge in [0, 0.05) is 36.2 Å². The van der Waals surface area contributed by atoms with Crippen LogP contribution >= 0.6 is 11.8 Å². The number of hydrogen-bond acceptors (Lipinski definition) is 6. The van der Waals surface area contributed by atoms with Gasteiger partial charge in [-0.25, -0.2) is 4.57 Å². The first-order valence-electron chi connectivity index (χ1n) is 12.6. The number of nitrogens with zero attached hydrogens (tertiary/aromatic N) is 3. The Morgan fingerprint density at radius 1 is 0.919 bits per heavy atom. The van der Waals surface area contributed by atoms with Crippen molar-refractivity contribution in [1.29, 1.82) is 0 Å². The molecular weight excluding hydrogens is 554 g/mol. The van der Waals surface area contributed by atoms with E-state index in [0.29, 0.717) is 28.8 Å². The molecule has 0 aliphatic carbocycles. The molecule has 0 spiro atoms. The van der Waals surface area contributed by atoms with Gasteiger partial charge in [0.25, 0.3) is 11.1 Å². The van der Waals surface area contributed by atoms with Crippen LogP contribution in [0.4, 0.5) is 5.69 Å². The molecule has 0 radical (unpaired) electrons. The highest BCUT2D eigenvalue weighted by atomic mass is 79.9. The van der Waals surface area contributed by atoms with Gasteiger partial charge in [0.15, 0.2) is 12.4 Å². The second kappa shape index (κ2) is 17.7. The predicted molar refractivity (Wildman–Crippen MR) is 141 cm³/mol. The van der Waals surface area contributed by atoms with Crippen molar-refractivity contribution in [2.24, 2.45) is 0 Å². The molecule has 2 N–H and O–H groups in total. The molecule has 0 saturated carbocycles. The van der Waals surface area contributed by atoms with Crippen LogP contribution in [-0.2, 0) is 17.9 Å². The fraction of sp³-hybridized carbons (Fsp3) is 0.444. The highest BCUT2D eigenvalue weighted by Crippen LogP contribution is 2.14. The zero-order valence-electron chi connectivity index (χ0n) is 21.3. The summed E-state index contributed by atoms with van der Waals surface area (Å²) in [5.41, 5.74) is 1.07. The molecule has 0 saturated heterocycles. The summed E-state index contributed by atoms with van der Waals surface area (Å²) in [7, 11) is 0. The fourth-order valence-electron chi connectivity index (χ4n) is 3.84. The van der Waals surface area contributed by atoms with Crippen LogP contribution in [0, 0.1) is 0 Å². The summed E-state index contributed by atoms with van der Waals surface area (Å²) >= 11 is 1.35. The Morgan fingerprint density at radius 3 is 2.32 bits per heavy atom. The van der Waals surface area contributed by atoms with Gasteiger partial charge in [-0.2, -0.15) is 0 Å². The lowest BCUT2D eigenvalue weighted by Gasteiger charge is -2.08. The van der Waals surface area contributed by atoms with Crippen LogP contribution in [0.3, 0.4) is 0 Å². The third-order valence-electron chi connectivity index (χ3n) is 5.78. The van der Waals surface area contributed by atoms with E-state index in [0.717, 1.165) is 25.8 Å². The lowest BCUT2D eigenvalue weighted by Crippen LogP contribution is -3.00. The Morgan fingerprint density at radius 2 is 1.62 bits per heavy atom. The smallest absolute Gasteiger partial charge is 0.276 e. The quantitative estimate of drug-likeness (QED) is 0.151. The Bertz CT molecular complexity index is 1080. The van der Waals surface area contributed by atoms with Crippen LogP contribution in [0.25, 0.3) is 0 Å². The summed E-state index contributed by atoms with van der Waals surface area (Å²) in [4.78, 5) is 24.7. The number of halogens is 1. The molecule has 0 atom stereocenters. The van der Waals surface area contributed by atoms with Crippen LogP contribution in [-0.4, -0.2) is 28.3 Å². The van der Waals surface area contributed by atoms with Crippen molar-refractivity contribution < 1.29 is 35.6 Å². The van der Waals surface area contributed by atoms with E-state index in [1.54, 1.807) is 24.3 Å². The van der Waals surface area contributed by atoms with Gasteiger partial charge in [-0.05, 0) is 37.3 Å². The number of hydrogen-bond donors (Lipinski definition) is 2. The van der Waals surface area contributed by atoms with Gasteiger partial charge < -0.3 is 32.0 Å². The van der Waals surface area contributed by atoms with E-state index in [9.17, 15) is 9.59 Å². The van der Waals surface area contributed by atoms with E-state index in [-0.39, 0.29) is 35.3 Å². The Labute approximate surface area is 233 Å². The summed E-state index contributed by atoms with van der Waals surface area (Å²) in [5.74, 6) is 0.0505. The SMILES string of the molecule is CSc1nnc(CNC(=O)c2cccc(NC(=O)CCCCCCCCCC[n+]3ccccc3)c2)o1.[Br-]. The van der Waals surface area contributed by atoms with Crippen molar-refractivity contribution in [3.8, 4) is 0 Å². The first kappa shape index (κ1) is 30.5. The lowest BCUT2D eigenvalue weighted by molar-refractivity contribution is -0.697. The molecule has 1 aromatic carbocycles. The average Bonchev–Trinajstić information content (AvgIpc) is 3.37. The molecule has 2 heterocycles. The maximum atomic E-state index is 12.4. The maximum Gasteiger partial charge on any atom is 0.276 e. The highest BCUT2D eigenvalue weighted by molar-refractivity contribution is 7.98. The van der Waals surface area contributed by atoms with Crippen molar-refractivity contribution in [3.63, 3.8) is 0 Å². The molecule has 3 aromatic rings. The Hall–Kier alpha value is -2.72. The summed E-state index contributed by atoms with van der Waals surface area (Å²) in [6, 6.07) is 13.1. The van der Waals surface area contributed by atoms with Crippen LogP contribution in [0.2, 0.25) is 0 Å². The van der Waals surface area contributed by atoms with Crippen LogP contribution in [0.1, 0.15) is 74.0 Å². The zero-order chi connectivity index (χ0) is 25.4. The molecule has 0 aliphatic rings. The molecule has 10 heteroatoms. The van der Waals surface area contributed by atoms with Gasteiger partial charge in [0.1, 0.15) is 6.54 Å². The molecule has 0 bridgehead atoms. The summed E-state index contributed by atoms with van der Waals surface area (Å²) in [6.07, 6.45) is 15.9. The van der Waals surface area contributed by atoms with Crippen LogP contribution in [0.5, 0.6) is 0 Å². The number of carbonyl (C=O) groups excluding carboxylic acids is 2. The molecule has 0 unspecified atom stereocenters. The molecular formula is C27H36BrN5O3S. The standard InChI is InChI=1S/C27H35N5O3S.BrH/c1-36-27-31-30-25(35-27)21-28-26(34)22-14-13-15-23(20-22)29-24(33)16-9-6-4-2-3-5-7-10-17-32-18-11-8-12-19-32;/h8,11-15,18-20H,2-7,9-10,16-17,21H2,1H3,(H-,28,29,33,34);1H. The van der Waals surface area contributed by atoms with E-state index in [1.165, 1.54) is 43.9 Å². The first-order chi connectivity index (χ1) is 17.6. The van der Waals surface area contributed by atoms with Gasteiger partial charge >= 0.3 is 0 Å². The second-order valence-electron chi connectivity index (χ2n) is 8.67. The van der Waals surface area contributed by atoms with Crippen molar-refractivity contribution in [2.45, 2.75) is 76.1 Å². The second-order valence-corrected chi connectivity index (χ2v) is 9.43. The van der Waals surface area contributed by atoms with E-state index in [2.05, 4.69) is 49.9 Å². The minimum Gasteiger partial charge on any atom is -1.00 e. The summed E-state index contributed by atoms with van der Waals surface area (Å²) in [5, 5.41) is 13.8. The number of carbonyl (C=O) groups is 2. The molecule has 37 heavy (non-hydrogen) atoms. The third kappa shape index (κ3) is 11.9. The number of nitrogens with one attached hydrogen (secondary N) is 2. The van der Waals surface area contributed by atoms with Gasteiger partial charge in [-0.15, -0.1) is 10.2 Å². The minimum absolute atomic E-state index is 0. The maximum absolute atomic E-state index is 12.4. The van der Waals surface area contributed by atoms with Gasteiger partial charge in [0.2, 0.25) is 11.8 Å². The Kier molecular flexibility index (Phi) is 14.6. The normalized spacial score (nSPS) is 10.5. The predicted octanol–water partition coefficient (Wildman–Crippen LogP) is 2.16. The van der Waals surface area contributed by atoms with Gasteiger partial charge in [-0.3, -0.25) is 9.59 Å². The molecule has 3 rings (SSSR count). The number of unbranched alkanes of at least 4 members (excludes halogenated alkanes) is 7. The average molecular weight is 591 g/mol. The zero-order valence-corrected chi connectivity index (χ0v) is 23.7. The van der Waals surface area contributed by atoms with Crippen molar-refractivity contribution >= 4 is 29.3 Å². The van der Waals surface area contributed by atoms with Crippen LogP contribution in [0.15, 0.2) is 64.5 Å². The monoisotopic (exact) mass is 589 g/mol. The molecule has 200 valence electrons. The Balaban J connectivity index is 0.00000481. The van der Waals surface area contributed by atoms with Gasteiger partial charge in [0.05, 0.1) is 6.54 Å². The molecule has 2 amide bonds. The third-order valence-corrected chi connectivity index (χ3v) is 6.29. The van der Waals surface area contributed by atoms with E-state index in [4.69, 9.17) is 4.42 Å². The molecule has 2 aromatic heterocycles. The summed E-state index contributed by atoms with van der Waals surface area (Å²) < 4.78 is 7.59. The van der Waals surface area contributed by atoms with Crippen molar-refractivity contribution in [2.75, 3.05) is 11.6 Å². The fourth-order valence-corrected chi connectivity index (χ4v) is 4.14. The number of pyridine rings is 1. The molecule has 8 nitrogen and oxygen atoms in total. The highest BCUT2D eigenvalue weighted by Gasteiger charge is 2.11. The largest absolute Gasteiger partial charge is 1.00 e.